The van der Waals surface area contributed by atoms with E-state index in [1.807, 2.05) is 50.2 Å². The smallest absolute Gasteiger partial charge is 0.228 e. The number of carbonyl (C=O) groups is 2. The number of ketones is 1. The van der Waals surface area contributed by atoms with Crippen molar-refractivity contribution in [3.8, 4) is 0 Å². The van der Waals surface area contributed by atoms with Gasteiger partial charge in [-0.2, -0.15) is 0 Å². The number of nitrogens with zero attached hydrogens (tertiary/aromatic N) is 1. The number of rotatable bonds is 3. The minimum absolute atomic E-state index is 0.00506. The predicted molar refractivity (Wildman–Crippen MR) is 113 cm³/mol. The Balaban J connectivity index is 1.95. The Labute approximate surface area is 171 Å². The molecule has 2 unspecified atom stereocenters. The fourth-order valence-electron chi connectivity index (χ4n) is 4.49. The monoisotopic (exact) mass is 392 g/mol. The van der Waals surface area contributed by atoms with Crippen LogP contribution in [0.2, 0.25) is 0 Å². The number of benzene rings is 1. The van der Waals surface area contributed by atoms with Crippen LogP contribution in [-0.2, 0) is 9.59 Å². The van der Waals surface area contributed by atoms with Crippen LogP contribution in [0.3, 0.4) is 0 Å². The molecule has 0 saturated heterocycles. The van der Waals surface area contributed by atoms with Gasteiger partial charge in [0.2, 0.25) is 5.91 Å². The van der Waals surface area contributed by atoms with Crippen LogP contribution < -0.4 is 10.2 Å². The molecule has 29 heavy (non-hydrogen) atoms. The quantitative estimate of drug-likeness (QED) is 0.767. The van der Waals surface area contributed by atoms with Crippen molar-refractivity contribution in [3.05, 3.63) is 60.2 Å². The van der Waals surface area contributed by atoms with Crippen molar-refractivity contribution in [3.63, 3.8) is 0 Å². The van der Waals surface area contributed by atoms with Crippen LogP contribution in [0.4, 0.5) is 11.4 Å². The highest BCUT2D eigenvalue weighted by Crippen LogP contribution is 2.48. The number of amides is 1. The lowest BCUT2D eigenvalue weighted by molar-refractivity contribution is -0.125. The molecule has 1 N–H and O–H groups in total. The molecule has 2 heterocycles. The molecule has 0 saturated carbocycles. The van der Waals surface area contributed by atoms with Crippen LogP contribution in [0.15, 0.2) is 58.9 Å². The molecule has 4 rings (SSSR count). The zero-order valence-electron chi connectivity index (χ0n) is 17.4. The summed E-state index contributed by atoms with van der Waals surface area (Å²) in [6.45, 7) is 8.19. The van der Waals surface area contributed by atoms with Crippen LogP contribution in [0.1, 0.15) is 52.3 Å². The second-order valence-electron chi connectivity index (χ2n) is 9.17. The number of hydrogen-bond donors (Lipinski definition) is 1. The number of hydrogen-bond acceptors (Lipinski definition) is 4. The van der Waals surface area contributed by atoms with Crippen molar-refractivity contribution in [2.24, 2.45) is 17.3 Å². The van der Waals surface area contributed by atoms with Gasteiger partial charge in [-0.25, -0.2) is 0 Å². The van der Waals surface area contributed by atoms with Gasteiger partial charge in [0, 0.05) is 18.5 Å². The van der Waals surface area contributed by atoms with Crippen molar-refractivity contribution in [1.29, 1.82) is 0 Å². The number of furan rings is 1. The molecule has 1 aliphatic heterocycles. The Morgan fingerprint density at radius 2 is 2.00 bits per heavy atom. The van der Waals surface area contributed by atoms with Gasteiger partial charge in [-0.05, 0) is 35.6 Å². The molecule has 0 spiro atoms. The molecule has 1 aliphatic carbocycles. The summed E-state index contributed by atoms with van der Waals surface area (Å²) >= 11 is 0. The molecular formula is C24H28N2O3. The van der Waals surface area contributed by atoms with Gasteiger partial charge in [-0.1, -0.05) is 45.9 Å². The number of carbonyl (C=O) groups excluding carboxylic acids is 2. The lowest BCUT2D eigenvalue weighted by Crippen LogP contribution is -2.43. The lowest BCUT2D eigenvalue weighted by atomic mass is 9.73. The largest absolute Gasteiger partial charge is 0.467 e. The molecule has 0 fully saturated rings. The number of para-hydroxylation sites is 2. The Kier molecular flexibility index (Phi) is 4.85. The minimum atomic E-state index is -0.512. The molecule has 5 heteroatoms. The third kappa shape index (κ3) is 3.61. The summed E-state index contributed by atoms with van der Waals surface area (Å²) < 4.78 is 5.78. The molecule has 0 radical (unpaired) electrons. The van der Waals surface area contributed by atoms with Crippen LogP contribution in [0.5, 0.6) is 0 Å². The third-order valence-electron chi connectivity index (χ3n) is 5.58. The van der Waals surface area contributed by atoms with E-state index >= 15 is 0 Å². The van der Waals surface area contributed by atoms with Gasteiger partial charge in [-0.3, -0.25) is 14.5 Å². The Hall–Kier alpha value is -2.82. The van der Waals surface area contributed by atoms with Crippen molar-refractivity contribution in [2.75, 3.05) is 10.2 Å². The second-order valence-corrected chi connectivity index (χ2v) is 9.17. The van der Waals surface area contributed by atoms with Gasteiger partial charge in [0.1, 0.15) is 17.6 Å². The maximum Gasteiger partial charge on any atom is 0.228 e. The highest BCUT2D eigenvalue weighted by molar-refractivity contribution is 6.01. The standard InChI is InChI=1S/C24H28N2O3/c1-15(2)12-21(28)26-18-9-6-5-8-16(18)25-17-13-24(3,4)14-19(27)22(17)23(26)20-10-7-11-29-20/h5-11,13,15,22-23,25H,12,14H2,1-4H3. The van der Waals surface area contributed by atoms with Gasteiger partial charge in [0.05, 0.1) is 23.6 Å². The van der Waals surface area contributed by atoms with E-state index in [-0.39, 0.29) is 23.0 Å². The zero-order chi connectivity index (χ0) is 20.8. The predicted octanol–water partition coefficient (Wildman–Crippen LogP) is 5.32. The van der Waals surface area contributed by atoms with E-state index in [1.54, 1.807) is 11.2 Å². The van der Waals surface area contributed by atoms with Crippen LogP contribution in [0.25, 0.3) is 0 Å². The van der Waals surface area contributed by atoms with Crippen LogP contribution in [-0.4, -0.2) is 11.7 Å². The SMILES string of the molecule is CC(C)CC(=O)N1c2ccccc2NC2=CC(C)(C)CC(=O)C2C1c1ccco1. The second kappa shape index (κ2) is 7.21. The molecule has 5 nitrogen and oxygen atoms in total. The van der Waals surface area contributed by atoms with E-state index in [0.29, 0.717) is 18.6 Å². The van der Waals surface area contributed by atoms with E-state index < -0.39 is 12.0 Å². The summed E-state index contributed by atoms with van der Waals surface area (Å²) in [7, 11) is 0. The first-order valence-corrected chi connectivity index (χ1v) is 10.2. The Bertz CT molecular complexity index is 956. The first-order valence-electron chi connectivity index (χ1n) is 10.2. The van der Waals surface area contributed by atoms with Crippen molar-refractivity contribution >= 4 is 23.1 Å². The minimum Gasteiger partial charge on any atom is -0.467 e. The van der Waals surface area contributed by atoms with Gasteiger partial charge >= 0.3 is 0 Å². The maximum atomic E-state index is 13.5. The summed E-state index contributed by atoms with van der Waals surface area (Å²) in [5.74, 6) is 0.465. The number of anilines is 2. The van der Waals surface area contributed by atoms with Gasteiger partial charge in [0.15, 0.2) is 0 Å². The fraction of sp³-hybridized carbons (Fsp3) is 0.417. The Morgan fingerprint density at radius 1 is 1.24 bits per heavy atom. The molecule has 0 bridgehead atoms. The Morgan fingerprint density at radius 3 is 2.69 bits per heavy atom. The van der Waals surface area contributed by atoms with Gasteiger partial charge in [0.25, 0.3) is 0 Å². The molecule has 2 aliphatic rings. The highest BCUT2D eigenvalue weighted by atomic mass is 16.3. The van der Waals surface area contributed by atoms with Crippen LogP contribution in [0, 0.1) is 17.3 Å². The number of fused-ring (bicyclic) bond motifs is 2. The van der Waals surface area contributed by atoms with Crippen molar-refractivity contribution in [1.82, 2.24) is 0 Å². The molecule has 1 aromatic heterocycles. The summed E-state index contributed by atoms with van der Waals surface area (Å²) in [4.78, 5) is 28.6. The molecule has 2 aromatic rings. The summed E-state index contributed by atoms with van der Waals surface area (Å²) in [5, 5.41) is 3.48. The van der Waals surface area contributed by atoms with E-state index in [0.717, 1.165) is 17.1 Å². The topological polar surface area (TPSA) is 62.6 Å². The summed E-state index contributed by atoms with van der Waals surface area (Å²) in [5.41, 5.74) is 2.22. The summed E-state index contributed by atoms with van der Waals surface area (Å²) in [6, 6.07) is 10.9. The lowest BCUT2D eigenvalue weighted by Gasteiger charge is -2.38. The fourth-order valence-corrected chi connectivity index (χ4v) is 4.49. The van der Waals surface area contributed by atoms with Gasteiger partial charge < -0.3 is 9.73 Å². The molecular weight excluding hydrogens is 364 g/mol. The first kappa shape index (κ1) is 19.5. The average Bonchev–Trinajstić information content (AvgIpc) is 3.09. The third-order valence-corrected chi connectivity index (χ3v) is 5.58. The van der Waals surface area contributed by atoms with E-state index in [9.17, 15) is 9.59 Å². The highest BCUT2D eigenvalue weighted by Gasteiger charge is 2.47. The average molecular weight is 392 g/mol. The summed E-state index contributed by atoms with van der Waals surface area (Å²) in [6.07, 6.45) is 4.58. The number of nitrogens with one attached hydrogen (secondary N) is 1. The maximum absolute atomic E-state index is 13.5. The van der Waals surface area contributed by atoms with E-state index in [2.05, 4.69) is 25.2 Å². The van der Waals surface area contributed by atoms with Crippen molar-refractivity contribution in [2.45, 2.75) is 46.6 Å². The molecule has 1 aromatic carbocycles. The van der Waals surface area contributed by atoms with Crippen molar-refractivity contribution < 1.29 is 14.0 Å². The van der Waals surface area contributed by atoms with E-state index in [1.165, 1.54) is 0 Å². The number of allylic oxidation sites excluding steroid dienone is 1. The van der Waals surface area contributed by atoms with Crippen LogP contribution >= 0.6 is 0 Å². The van der Waals surface area contributed by atoms with Gasteiger partial charge in [-0.15, -0.1) is 0 Å². The normalized spacial score (nSPS) is 23.0. The first-order chi connectivity index (χ1) is 13.8. The van der Waals surface area contributed by atoms with E-state index in [4.69, 9.17) is 4.42 Å². The molecule has 1 amide bonds. The zero-order valence-corrected chi connectivity index (χ0v) is 17.4. The molecule has 2 atom stereocenters. The molecule has 152 valence electrons. The number of Topliss-reactive ketones (excluding diaryl/α,β-unsaturated/α-hetero) is 1.